The van der Waals surface area contributed by atoms with Gasteiger partial charge in [0.15, 0.2) is 0 Å². The van der Waals surface area contributed by atoms with Gasteiger partial charge >= 0.3 is 0 Å². The fraction of sp³-hybridized carbons (Fsp3) is 0.706. The van der Waals surface area contributed by atoms with Gasteiger partial charge in [-0.05, 0) is 33.6 Å². The molecule has 0 radical (unpaired) electrons. The first-order valence-electron chi connectivity index (χ1n) is 8.67. The number of nitrogens with zero attached hydrogens (tertiary/aromatic N) is 3. The summed E-state index contributed by atoms with van der Waals surface area (Å²) in [4.78, 5) is 31.2. The summed E-state index contributed by atoms with van der Waals surface area (Å²) in [6.45, 7) is 8.31. The number of piperidine rings is 1. The summed E-state index contributed by atoms with van der Waals surface area (Å²) in [6, 6.07) is -0.385. The molecule has 24 heavy (non-hydrogen) atoms. The molecule has 2 amide bonds. The van der Waals surface area contributed by atoms with Gasteiger partial charge in [0.05, 0.1) is 4.75 Å². The molecule has 0 bridgehead atoms. The minimum atomic E-state index is -0.443. The highest BCUT2D eigenvalue weighted by Crippen LogP contribution is 2.31. The Morgan fingerprint density at radius 2 is 2.12 bits per heavy atom. The van der Waals surface area contributed by atoms with E-state index in [9.17, 15) is 9.59 Å². The normalized spacial score (nSPS) is 24.7. The second-order valence-electron chi connectivity index (χ2n) is 7.02. The van der Waals surface area contributed by atoms with E-state index in [1.807, 2.05) is 31.1 Å². The summed E-state index contributed by atoms with van der Waals surface area (Å²) in [5.41, 5.74) is 0. The molecule has 0 aromatic carbocycles. The quantitative estimate of drug-likeness (QED) is 0.899. The van der Waals surface area contributed by atoms with Crippen LogP contribution in [0.3, 0.4) is 0 Å². The highest BCUT2D eigenvalue weighted by Gasteiger charge is 2.40. The second-order valence-corrected chi connectivity index (χ2v) is 8.66. The minimum absolute atomic E-state index is 0.0445. The van der Waals surface area contributed by atoms with Gasteiger partial charge in [0, 0.05) is 43.7 Å². The van der Waals surface area contributed by atoms with Crippen molar-refractivity contribution < 1.29 is 9.59 Å². The van der Waals surface area contributed by atoms with Crippen LogP contribution in [0.1, 0.15) is 45.4 Å². The van der Waals surface area contributed by atoms with Gasteiger partial charge in [0.1, 0.15) is 11.9 Å². The second kappa shape index (κ2) is 6.78. The number of amides is 2. The lowest BCUT2D eigenvalue weighted by atomic mass is 9.95. The van der Waals surface area contributed by atoms with Crippen molar-refractivity contribution in [2.24, 2.45) is 0 Å². The lowest BCUT2D eigenvalue weighted by Crippen LogP contribution is -2.58. The molecule has 0 aliphatic carbocycles. The van der Waals surface area contributed by atoms with Crippen LogP contribution in [0.25, 0.3) is 0 Å². The third-order valence-corrected chi connectivity index (χ3v) is 6.43. The van der Waals surface area contributed by atoms with E-state index in [0.29, 0.717) is 11.7 Å². The van der Waals surface area contributed by atoms with Crippen LogP contribution in [0, 0.1) is 0 Å². The van der Waals surface area contributed by atoms with E-state index < -0.39 is 4.75 Å². The molecule has 0 unspecified atom stereocenters. The summed E-state index contributed by atoms with van der Waals surface area (Å²) in [5.74, 6) is 2.21. The van der Waals surface area contributed by atoms with Crippen molar-refractivity contribution in [1.29, 1.82) is 0 Å². The van der Waals surface area contributed by atoms with E-state index in [1.54, 1.807) is 11.8 Å². The van der Waals surface area contributed by atoms with Crippen molar-refractivity contribution in [1.82, 2.24) is 19.8 Å². The molecule has 2 aliphatic heterocycles. The molecular weight excluding hydrogens is 324 g/mol. The lowest BCUT2D eigenvalue weighted by Gasteiger charge is -2.38. The number of carbonyl (C=O) groups excluding carboxylic acids is 2. The maximum atomic E-state index is 12.7. The Kier molecular flexibility index (Phi) is 4.90. The molecule has 1 aromatic heterocycles. The highest BCUT2D eigenvalue weighted by molar-refractivity contribution is 8.01. The van der Waals surface area contributed by atoms with Crippen molar-refractivity contribution in [3.63, 3.8) is 0 Å². The SMILES string of the molecule is CCn1ccnc1C1CCN(C(=O)[C@@H]2CSC(C)(C)C(=O)N2)CC1. The molecule has 3 heterocycles. The zero-order chi connectivity index (χ0) is 17.3. The average molecular weight is 350 g/mol. The molecule has 0 saturated carbocycles. The van der Waals surface area contributed by atoms with E-state index in [2.05, 4.69) is 21.8 Å². The third-order valence-electron chi connectivity index (χ3n) is 5.02. The molecular formula is C17H26N4O2S. The maximum Gasteiger partial charge on any atom is 0.246 e. The van der Waals surface area contributed by atoms with Crippen LogP contribution in [0.2, 0.25) is 0 Å². The number of hydrogen-bond donors (Lipinski definition) is 1. The summed E-state index contributed by atoms with van der Waals surface area (Å²) < 4.78 is 1.74. The molecule has 132 valence electrons. The number of rotatable bonds is 3. The molecule has 6 nitrogen and oxygen atoms in total. The van der Waals surface area contributed by atoms with Crippen LogP contribution < -0.4 is 5.32 Å². The van der Waals surface area contributed by atoms with Crippen molar-refractivity contribution in [3.05, 3.63) is 18.2 Å². The number of likely N-dealkylation sites (tertiary alicyclic amines) is 1. The predicted octanol–water partition coefficient (Wildman–Crippen LogP) is 1.62. The highest BCUT2D eigenvalue weighted by atomic mass is 32.2. The summed E-state index contributed by atoms with van der Waals surface area (Å²) >= 11 is 1.56. The van der Waals surface area contributed by atoms with E-state index in [4.69, 9.17) is 0 Å². The van der Waals surface area contributed by atoms with Crippen LogP contribution in [-0.4, -0.2) is 55.9 Å². The van der Waals surface area contributed by atoms with E-state index in [0.717, 1.165) is 38.3 Å². The number of hydrogen-bond acceptors (Lipinski definition) is 4. The number of nitrogens with one attached hydrogen (secondary N) is 1. The molecule has 1 atom stereocenters. The Morgan fingerprint density at radius 3 is 2.75 bits per heavy atom. The third kappa shape index (κ3) is 3.31. The monoisotopic (exact) mass is 350 g/mol. The largest absolute Gasteiger partial charge is 0.342 e. The smallest absolute Gasteiger partial charge is 0.246 e. The topological polar surface area (TPSA) is 67.2 Å². The zero-order valence-corrected chi connectivity index (χ0v) is 15.4. The van der Waals surface area contributed by atoms with Gasteiger partial charge < -0.3 is 14.8 Å². The molecule has 2 fully saturated rings. The van der Waals surface area contributed by atoms with Crippen LogP contribution in [0.15, 0.2) is 12.4 Å². The summed E-state index contributed by atoms with van der Waals surface area (Å²) in [7, 11) is 0. The standard InChI is InChI=1S/C17H26N4O2S/c1-4-20-10-7-18-14(20)12-5-8-21(9-6-12)15(22)13-11-24-17(2,3)16(23)19-13/h7,10,12-13H,4-6,8-9,11H2,1-3H3,(H,19,23)/t13-/m0/s1. The van der Waals surface area contributed by atoms with Crippen molar-refractivity contribution in [2.75, 3.05) is 18.8 Å². The van der Waals surface area contributed by atoms with Crippen molar-refractivity contribution >= 4 is 23.6 Å². The average Bonchev–Trinajstić information content (AvgIpc) is 3.05. The molecule has 2 saturated heterocycles. The van der Waals surface area contributed by atoms with E-state index in [-0.39, 0.29) is 17.9 Å². The number of imidazole rings is 1. The lowest BCUT2D eigenvalue weighted by molar-refractivity contribution is -0.137. The summed E-state index contributed by atoms with van der Waals surface area (Å²) in [5, 5.41) is 2.89. The Balaban J connectivity index is 1.57. The van der Waals surface area contributed by atoms with Gasteiger partial charge in [-0.25, -0.2) is 4.98 Å². The van der Waals surface area contributed by atoms with Gasteiger partial charge in [-0.15, -0.1) is 11.8 Å². The fourth-order valence-corrected chi connectivity index (χ4v) is 4.39. The molecule has 0 spiro atoms. The first-order valence-corrected chi connectivity index (χ1v) is 9.65. The van der Waals surface area contributed by atoms with E-state index >= 15 is 0 Å². The molecule has 1 N–H and O–H groups in total. The fourth-order valence-electron chi connectivity index (χ4n) is 3.39. The predicted molar refractivity (Wildman–Crippen MR) is 94.9 cm³/mol. The Hall–Kier alpha value is -1.50. The van der Waals surface area contributed by atoms with Crippen LogP contribution in [0.4, 0.5) is 0 Å². The van der Waals surface area contributed by atoms with Gasteiger partial charge in [-0.3, -0.25) is 9.59 Å². The van der Waals surface area contributed by atoms with Crippen LogP contribution in [0.5, 0.6) is 0 Å². The number of carbonyl (C=O) groups is 2. The van der Waals surface area contributed by atoms with Gasteiger partial charge in [-0.1, -0.05) is 0 Å². The Bertz CT molecular complexity index is 620. The van der Waals surface area contributed by atoms with Gasteiger partial charge in [-0.2, -0.15) is 0 Å². The van der Waals surface area contributed by atoms with Crippen LogP contribution in [-0.2, 0) is 16.1 Å². The zero-order valence-electron chi connectivity index (χ0n) is 14.6. The molecule has 1 aromatic rings. The Morgan fingerprint density at radius 1 is 1.42 bits per heavy atom. The molecule has 7 heteroatoms. The molecule has 2 aliphatic rings. The van der Waals surface area contributed by atoms with Gasteiger partial charge in [0.25, 0.3) is 0 Å². The molecule has 3 rings (SSSR count). The minimum Gasteiger partial charge on any atom is -0.342 e. The Labute approximate surface area is 147 Å². The van der Waals surface area contributed by atoms with Crippen molar-refractivity contribution in [2.45, 2.75) is 56.9 Å². The number of aromatic nitrogens is 2. The number of aryl methyl sites for hydroxylation is 1. The summed E-state index contributed by atoms with van der Waals surface area (Å²) in [6.07, 6.45) is 5.74. The van der Waals surface area contributed by atoms with Crippen LogP contribution >= 0.6 is 11.8 Å². The van der Waals surface area contributed by atoms with Crippen molar-refractivity contribution in [3.8, 4) is 0 Å². The van der Waals surface area contributed by atoms with Gasteiger partial charge in [0.2, 0.25) is 11.8 Å². The first-order chi connectivity index (χ1) is 11.4. The van der Waals surface area contributed by atoms with E-state index in [1.165, 1.54) is 0 Å². The maximum absolute atomic E-state index is 12.7. The number of thioether (sulfide) groups is 1. The first kappa shape index (κ1) is 17.3.